The van der Waals surface area contributed by atoms with Crippen LogP contribution >= 0.6 is 0 Å². The van der Waals surface area contributed by atoms with Gasteiger partial charge in [0.2, 0.25) is 0 Å². The minimum atomic E-state index is -0.762. The number of ketones is 1. The van der Waals surface area contributed by atoms with Crippen LogP contribution in [0.25, 0.3) is 10.8 Å². The minimum absolute atomic E-state index is 0.190. The summed E-state index contributed by atoms with van der Waals surface area (Å²) in [5.41, 5.74) is 0. The standard InChI is InChI=1S/C18H16O5/c1-2-14(19)12-22-17(20)10-11-18(21)23-16-9-5-7-13-6-3-4-8-15(13)16/h3-11H,2,12H2,1H3/b11-10+. The lowest BCUT2D eigenvalue weighted by molar-refractivity contribution is -0.143. The maximum absolute atomic E-state index is 11.8. The highest BCUT2D eigenvalue weighted by molar-refractivity contribution is 5.96. The molecular formula is C18H16O5. The first-order valence-electron chi connectivity index (χ1n) is 7.16. The van der Waals surface area contributed by atoms with E-state index in [2.05, 4.69) is 4.74 Å². The highest BCUT2D eigenvalue weighted by Gasteiger charge is 2.07. The van der Waals surface area contributed by atoms with Crippen LogP contribution in [0.1, 0.15) is 13.3 Å². The van der Waals surface area contributed by atoms with Crippen molar-refractivity contribution in [1.29, 1.82) is 0 Å². The summed E-state index contributed by atoms with van der Waals surface area (Å²) in [6.45, 7) is 1.38. The van der Waals surface area contributed by atoms with E-state index in [4.69, 9.17) is 4.74 Å². The van der Waals surface area contributed by atoms with Crippen molar-refractivity contribution in [3.05, 3.63) is 54.6 Å². The number of benzene rings is 2. The fourth-order valence-electron chi connectivity index (χ4n) is 1.86. The van der Waals surface area contributed by atoms with E-state index >= 15 is 0 Å². The lowest BCUT2D eigenvalue weighted by atomic mass is 10.1. The predicted molar refractivity (Wildman–Crippen MR) is 85.0 cm³/mol. The van der Waals surface area contributed by atoms with Crippen LogP contribution in [0.2, 0.25) is 0 Å². The summed E-state index contributed by atoms with van der Waals surface area (Å²) in [7, 11) is 0. The monoisotopic (exact) mass is 312 g/mol. The maximum Gasteiger partial charge on any atom is 0.336 e. The molecule has 0 fully saturated rings. The Hall–Kier alpha value is -2.95. The van der Waals surface area contributed by atoms with E-state index < -0.39 is 11.9 Å². The van der Waals surface area contributed by atoms with E-state index in [1.165, 1.54) is 0 Å². The van der Waals surface area contributed by atoms with E-state index in [0.717, 1.165) is 22.9 Å². The van der Waals surface area contributed by atoms with Crippen molar-refractivity contribution in [2.45, 2.75) is 13.3 Å². The maximum atomic E-state index is 11.8. The molecule has 0 amide bonds. The summed E-state index contributed by atoms with van der Waals surface area (Å²) in [6, 6.07) is 12.8. The number of ether oxygens (including phenoxy) is 2. The highest BCUT2D eigenvalue weighted by Crippen LogP contribution is 2.25. The van der Waals surface area contributed by atoms with Crippen LogP contribution in [0.4, 0.5) is 0 Å². The largest absolute Gasteiger partial charge is 0.455 e. The van der Waals surface area contributed by atoms with Gasteiger partial charge in [0.25, 0.3) is 0 Å². The number of carbonyl (C=O) groups is 3. The molecule has 2 aromatic rings. The van der Waals surface area contributed by atoms with Gasteiger partial charge in [0, 0.05) is 24.0 Å². The molecule has 0 aliphatic carbocycles. The number of esters is 2. The van der Waals surface area contributed by atoms with Gasteiger partial charge in [0.1, 0.15) is 12.4 Å². The lowest BCUT2D eigenvalue weighted by Gasteiger charge is -2.05. The molecule has 5 nitrogen and oxygen atoms in total. The number of hydrogen-bond donors (Lipinski definition) is 0. The average Bonchev–Trinajstić information content (AvgIpc) is 2.58. The molecule has 0 aromatic heterocycles. The third-order valence-corrected chi connectivity index (χ3v) is 3.09. The van der Waals surface area contributed by atoms with Crippen molar-refractivity contribution in [2.75, 3.05) is 6.61 Å². The van der Waals surface area contributed by atoms with Gasteiger partial charge in [-0.1, -0.05) is 43.3 Å². The minimum Gasteiger partial charge on any atom is -0.455 e. The van der Waals surface area contributed by atoms with Crippen LogP contribution in [0, 0.1) is 0 Å². The van der Waals surface area contributed by atoms with Crippen molar-refractivity contribution < 1.29 is 23.9 Å². The first-order valence-corrected chi connectivity index (χ1v) is 7.16. The van der Waals surface area contributed by atoms with Gasteiger partial charge in [0.15, 0.2) is 5.78 Å². The van der Waals surface area contributed by atoms with Crippen molar-refractivity contribution in [3.63, 3.8) is 0 Å². The first kappa shape index (κ1) is 16.4. The summed E-state index contributed by atoms with van der Waals surface area (Å²) >= 11 is 0. The molecule has 0 aliphatic heterocycles. The summed E-state index contributed by atoms with van der Waals surface area (Å²) in [4.78, 5) is 34.2. The van der Waals surface area contributed by atoms with Crippen molar-refractivity contribution in [1.82, 2.24) is 0 Å². The topological polar surface area (TPSA) is 69.7 Å². The number of hydrogen-bond acceptors (Lipinski definition) is 5. The summed E-state index contributed by atoms with van der Waals surface area (Å²) in [5, 5.41) is 1.74. The molecule has 2 rings (SSSR count). The zero-order valence-corrected chi connectivity index (χ0v) is 12.7. The molecule has 0 atom stereocenters. The number of fused-ring (bicyclic) bond motifs is 1. The highest BCUT2D eigenvalue weighted by atomic mass is 16.5. The Bertz CT molecular complexity index is 756. The summed E-state index contributed by atoms with van der Waals surface area (Å²) in [5.74, 6) is -1.24. The van der Waals surface area contributed by atoms with Crippen molar-refractivity contribution in [2.24, 2.45) is 0 Å². The molecule has 0 saturated carbocycles. The average molecular weight is 312 g/mol. The van der Waals surface area contributed by atoms with Crippen LogP contribution in [0.15, 0.2) is 54.6 Å². The fourth-order valence-corrected chi connectivity index (χ4v) is 1.86. The Morgan fingerprint density at radius 2 is 1.65 bits per heavy atom. The lowest BCUT2D eigenvalue weighted by Crippen LogP contribution is -2.12. The van der Waals surface area contributed by atoms with Crippen LogP contribution < -0.4 is 4.74 Å². The molecule has 118 valence electrons. The number of carbonyl (C=O) groups excluding carboxylic acids is 3. The molecule has 0 heterocycles. The first-order chi connectivity index (χ1) is 11.1. The van der Waals surface area contributed by atoms with Gasteiger partial charge in [-0.2, -0.15) is 0 Å². The molecular weight excluding hydrogens is 296 g/mol. The van der Waals surface area contributed by atoms with E-state index in [1.54, 1.807) is 19.1 Å². The third-order valence-electron chi connectivity index (χ3n) is 3.09. The molecule has 0 radical (unpaired) electrons. The normalized spacial score (nSPS) is 10.7. The molecule has 0 spiro atoms. The fraction of sp³-hybridized carbons (Fsp3) is 0.167. The van der Waals surface area contributed by atoms with Crippen LogP contribution in [0.5, 0.6) is 5.75 Å². The van der Waals surface area contributed by atoms with Crippen LogP contribution in [-0.2, 0) is 19.1 Å². The van der Waals surface area contributed by atoms with Crippen LogP contribution in [-0.4, -0.2) is 24.3 Å². The second-order valence-electron chi connectivity index (χ2n) is 4.73. The molecule has 0 saturated heterocycles. The van der Waals surface area contributed by atoms with Gasteiger partial charge in [-0.05, 0) is 11.5 Å². The molecule has 0 unspecified atom stereocenters. The molecule has 2 aromatic carbocycles. The van der Waals surface area contributed by atoms with Gasteiger partial charge in [-0.25, -0.2) is 9.59 Å². The second kappa shape index (κ2) is 7.89. The Labute approximate surface area is 133 Å². The predicted octanol–water partition coefficient (Wildman–Crippen LogP) is 2.82. The molecule has 23 heavy (non-hydrogen) atoms. The van der Waals surface area contributed by atoms with Gasteiger partial charge in [-0.15, -0.1) is 0 Å². The Morgan fingerprint density at radius 1 is 0.957 bits per heavy atom. The Balaban J connectivity index is 1.97. The van der Waals surface area contributed by atoms with E-state index in [0.29, 0.717) is 12.2 Å². The molecule has 5 heteroatoms. The van der Waals surface area contributed by atoms with Gasteiger partial charge >= 0.3 is 11.9 Å². The number of rotatable bonds is 6. The van der Waals surface area contributed by atoms with Gasteiger partial charge in [0.05, 0.1) is 0 Å². The molecule has 0 N–H and O–H groups in total. The van der Waals surface area contributed by atoms with Crippen molar-refractivity contribution >= 4 is 28.5 Å². The van der Waals surface area contributed by atoms with E-state index in [-0.39, 0.29) is 12.4 Å². The second-order valence-corrected chi connectivity index (χ2v) is 4.73. The van der Waals surface area contributed by atoms with E-state index in [1.807, 2.05) is 30.3 Å². The zero-order valence-electron chi connectivity index (χ0n) is 12.7. The summed E-state index contributed by atoms with van der Waals surface area (Å²) < 4.78 is 9.91. The Kier molecular flexibility index (Phi) is 5.63. The van der Waals surface area contributed by atoms with Gasteiger partial charge < -0.3 is 9.47 Å². The SMILES string of the molecule is CCC(=O)COC(=O)/C=C/C(=O)Oc1cccc2ccccc12. The van der Waals surface area contributed by atoms with Crippen LogP contribution in [0.3, 0.4) is 0 Å². The third kappa shape index (κ3) is 4.78. The summed E-state index contributed by atoms with van der Waals surface area (Å²) in [6.07, 6.45) is 2.21. The smallest absolute Gasteiger partial charge is 0.336 e. The Morgan fingerprint density at radius 3 is 2.43 bits per heavy atom. The van der Waals surface area contributed by atoms with Gasteiger partial charge in [-0.3, -0.25) is 4.79 Å². The number of Topliss-reactive ketones (excluding diaryl/α,β-unsaturated/α-hetero) is 1. The zero-order chi connectivity index (χ0) is 16.7. The molecule has 0 aliphatic rings. The van der Waals surface area contributed by atoms with Crippen molar-refractivity contribution in [3.8, 4) is 5.75 Å². The molecule has 0 bridgehead atoms. The quantitative estimate of drug-likeness (QED) is 0.466. The van der Waals surface area contributed by atoms with E-state index in [9.17, 15) is 14.4 Å².